The number of hydrogen-bond donors (Lipinski definition) is 1. The Bertz CT molecular complexity index is 1210. The van der Waals surface area contributed by atoms with E-state index in [-0.39, 0.29) is 23.3 Å². The van der Waals surface area contributed by atoms with Crippen LogP contribution >= 0.6 is 15.9 Å². The molecule has 1 amide bonds. The number of ether oxygens (including phenoxy) is 1. The van der Waals surface area contributed by atoms with Gasteiger partial charge in [0.2, 0.25) is 0 Å². The highest BCUT2D eigenvalue weighted by Gasteiger charge is 2.48. The van der Waals surface area contributed by atoms with Crippen LogP contribution in [0.5, 0.6) is 5.75 Å². The normalized spacial score (nSPS) is 17.9. The Kier molecular flexibility index (Phi) is 5.88. The molecule has 0 radical (unpaired) electrons. The topological polar surface area (TPSA) is 92.9 Å². The lowest BCUT2D eigenvalue weighted by Gasteiger charge is -2.23. The molecule has 1 unspecified atom stereocenters. The van der Waals surface area contributed by atoms with Crippen LogP contribution in [0.15, 0.2) is 69.2 Å². The van der Waals surface area contributed by atoms with Crippen LogP contribution in [-0.4, -0.2) is 28.1 Å². The van der Waals surface area contributed by atoms with Gasteiger partial charge in [-0.1, -0.05) is 33.2 Å². The standard InChI is InChI=1S/C24H21BrN2O5/c1-13(2)31-18-9-7-15(8-10-18)22(28)20-21(16-5-4-6-17(25)12-16)27(24(30)23(20)29)19-11-14(3)32-26-19/h4-13,21,28H,1-3H3. The fourth-order valence-electron chi connectivity index (χ4n) is 3.65. The van der Waals surface area contributed by atoms with Crippen LogP contribution in [0.1, 0.15) is 36.8 Å². The molecule has 1 aliphatic heterocycles. The third-order valence-electron chi connectivity index (χ3n) is 4.97. The molecule has 1 fully saturated rings. The van der Waals surface area contributed by atoms with E-state index in [9.17, 15) is 14.7 Å². The molecular weight excluding hydrogens is 476 g/mol. The first kappa shape index (κ1) is 21.8. The van der Waals surface area contributed by atoms with Crippen LogP contribution in [-0.2, 0) is 9.59 Å². The van der Waals surface area contributed by atoms with Gasteiger partial charge in [0.25, 0.3) is 5.78 Å². The Morgan fingerprint density at radius 2 is 1.88 bits per heavy atom. The maximum atomic E-state index is 13.1. The third kappa shape index (κ3) is 4.05. The molecule has 1 saturated heterocycles. The molecule has 4 rings (SSSR count). The summed E-state index contributed by atoms with van der Waals surface area (Å²) in [6.07, 6.45) is 0.00205. The summed E-state index contributed by atoms with van der Waals surface area (Å²) in [4.78, 5) is 27.4. The first-order valence-electron chi connectivity index (χ1n) is 10.0. The molecule has 7 nitrogen and oxygen atoms in total. The number of Topliss-reactive ketones (excluding diaryl/α,β-unsaturated/α-hetero) is 1. The van der Waals surface area contributed by atoms with Gasteiger partial charge in [-0.2, -0.15) is 0 Å². The van der Waals surface area contributed by atoms with Gasteiger partial charge in [0.15, 0.2) is 5.82 Å². The lowest BCUT2D eigenvalue weighted by molar-refractivity contribution is -0.132. The second-order valence-electron chi connectivity index (χ2n) is 7.71. The zero-order valence-corrected chi connectivity index (χ0v) is 19.3. The van der Waals surface area contributed by atoms with E-state index in [1.54, 1.807) is 55.5 Å². The van der Waals surface area contributed by atoms with Gasteiger partial charge < -0.3 is 14.4 Å². The van der Waals surface area contributed by atoms with Crippen LogP contribution in [0.4, 0.5) is 5.82 Å². The number of aliphatic hydroxyl groups excluding tert-OH is 1. The van der Waals surface area contributed by atoms with Crippen LogP contribution < -0.4 is 9.64 Å². The van der Waals surface area contributed by atoms with Crippen molar-refractivity contribution in [3.8, 4) is 5.75 Å². The molecular formula is C24H21BrN2O5. The summed E-state index contributed by atoms with van der Waals surface area (Å²) in [6, 6.07) is 14.6. The fraction of sp³-hybridized carbons (Fsp3) is 0.208. The summed E-state index contributed by atoms with van der Waals surface area (Å²) in [5.41, 5.74) is 1.02. The quantitative estimate of drug-likeness (QED) is 0.298. The highest BCUT2D eigenvalue weighted by Crippen LogP contribution is 2.42. The predicted molar refractivity (Wildman–Crippen MR) is 122 cm³/mol. The maximum Gasteiger partial charge on any atom is 0.301 e. The molecule has 2 heterocycles. The zero-order valence-electron chi connectivity index (χ0n) is 17.7. The van der Waals surface area contributed by atoms with E-state index in [0.717, 1.165) is 4.47 Å². The molecule has 1 atom stereocenters. The molecule has 3 aromatic rings. The van der Waals surface area contributed by atoms with Gasteiger partial charge in [-0.25, -0.2) is 0 Å². The number of carbonyl (C=O) groups is 2. The first-order valence-corrected chi connectivity index (χ1v) is 10.8. The second kappa shape index (κ2) is 8.63. The number of aliphatic hydroxyl groups is 1. The molecule has 32 heavy (non-hydrogen) atoms. The first-order chi connectivity index (χ1) is 15.3. The number of carbonyl (C=O) groups excluding carboxylic acids is 2. The molecule has 2 aromatic carbocycles. The number of anilines is 1. The largest absolute Gasteiger partial charge is 0.507 e. The summed E-state index contributed by atoms with van der Waals surface area (Å²) in [5, 5.41) is 15.1. The third-order valence-corrected chi connectivity index (χ3v) is 5.46. The zero-order chi connectivity index (χ0) is 23.0. The Morgan fingerprint density at radius 3 is 2.47 bits per heavy atom. The number of hydrogen-bond acceptors (Lipinski definition) is 6. The fourth-order valence-corrected chi connectivity index (χ4v) is 4.06. The molecule has 164 valence electrons. The predicted octanol–water partition coefficient (Wildman–Crippen LogP) is 5.16. The summed E-state index contributed by atoms with van der Waals surface area (Å²) >= 11 is 3.43. The van der Waals surface area contributed by atoms with E-state index >= 15 is 0 Å². The summed E-state index contributed by atoms with van der Waals surface area (Å²) in [7, 11) is 0. The minimum atomic E-state index is -0.872. The number of halogens is 1. The van der Waals surface area contributed by atoms with Crippen molar-refractivity contribution in [3.63, 3.8) is 0 Å². The minimum absolute atomic E-state index is 0.00205. The van der Waals surface area contributed by atoms with Crippen molar-refractivity contribution in [2.75, 3.05) is 4.90 Å². The van der Waals surface area contributed by atoms with Crippen molar-refractivity contribution in [2.24, 2.45) is 0 Å². The van der Waals surface area contributed by atoms with Crippen molar-refractivity contribution in [2.45, 2.75) is 32.9 Å². The maximum absolute atomic E-state index is 13.1. The van der Waals surface area contributed by atoms with E-state index in [0.29, 0.717) is 22.6 Å². The Morgan fingerprint density at radius 1 is 1.16 bits per heavy atom. The van der Waals surface area contributed by atoms with Crippen molar-refractivity contribution in [1.82, 2.24) is 5.16 Å². The smallest absolute Gasteiger partial charge is 0.301 e. The van der Waals surface area contributed by atoms with Crippen molar-refractivity contribution in [3.05, 3.63) is 81.5 Å². The Balaban J connectivity index is 1.86. The Labute approximate surface area is 193 Å². The number of amides is 1. The molecule has 0 bridgehead atoms. The van der Waals surface area contributed by atoms with Crippen molar-refractivity contribution in [1.29, 1.82) is 0 Å². The number of rotatable bonds is 5. The van der Waals surface area contributed by atoms with Crippen LogP contribution in [0.25, 0.3) is 5.76 Å². The van der Waals surface area contributed by atoms with Crippen LogP contribution in [0, 0.1) is 6.92 Å². The van der Waals surface area contributed by atoms with Gasteiger partial charge in [-0.3, -0.25) is 14.5 Å². The molecule has 1 N–H and O–H groups in total. The molecule has 8 heteroatoms. The van der Waals surface area contributed by atoms with E-state index in [1.807, 2.05) is 19.9 Å². The molecule has 0 aliphatic carbocycles. The van der Waals surface area contributed by atoms with E-state index in [4.69, 9.17) is 9.26 Å². The number of aromatic nitrogens is 1. The van der Waals surface area contributed by atoms with Gasteiger partial charge in [0, 0.05) is 16.1 Å². The summed E-state index contributed by atoms with van der Waals surface area (Å²) in [6.45, 7) is 5.53. The van der Waals surface area contributed by atoms with E-state index in [1.165, 1.54) is 4.90 Å². The van der Waals surface area contributed by atoms with Gasteiger partial charge >= 0.3 is 5.91 Å². The number of ketones is 1. The van der Waals surface area contributed by atoms with Gasteiger partial charge in [-0.15, -0.1) is 0 Å². The monoisotopic (exact) mass is 496 g/mol. The second-order valence-corrected chi connectivity index (χ2v) is 8.63. The lowest BCUT2D eigenvalue weighted by Crippen LogP contribution is -2.29. The average Bonchev–Trinajstić information content (AvgIpc) is 3.28. The highest BCUT2D eigenvalue weighted by molar-refractivity contribution is 9.10. The molecule has 0 spiro atoms. The molecule has 1 aromatic heterocycles. The summed E-state index contributed by atoms with van der Waals surface area (Å²) < 4.78 is 11.5. The Hall–Kier alpha value is -3.39. The number of nitrogens with zero attached hydrogens (tertiary/aromatic N) is 2. The van der Waals surface area contributed by atoms with Gasteiger partial charge in [0.05, 0.1) is 17.7 Å². The van der Waals surface area contributed by atoms with Crippen molar-refractivity contribution < 1.29 is 24.0 Å². The van der Waals surface area contributed by atoms with Crippen molar-refractivity contribution >= 4 is 39.2 Å². The summed E-state index contributed by atoms with van der Waals surface area (Å²) in [5.74, 6) is -0.518. The SMILES string of the molecule is Cc1cc(N2C(=O)C(=O)C(=C(O)c3ccc(OC(C)C)cc3)C2c2cccc(Br)c2)no1. The minimum Gasteiger partial charge on any atom is -0.507 e. The van der Waals surface area contributed by atoms with E-state index in [2.05, 4.69) is 21.1 Å². The molecule has 1 aliphatic rings. The van der Waals surface area contributed by atoms with E-state index < -0.39 is 17.7 Å². The number of aryl methyl sites for hydroxylation is 1. The molecule has 0 saturated carbocycles. The highest BCUT2D eigenvalue weighted by atomic mass is 79.9. The average molecular weight is 497 g/mol. The lowest BCUT2D eigenvalue weighted by atomic mass is 9.95. The van der Waals surface area contributed by atoms with Gasteiger partial charge in [-0.05, 0) is 62.7 Å². The van der Waals surface area contributed by atoms with Gasteiger partial charge in [0.1, 0.15) is 17.3 Å². The van der Waals surface area contributed by atoms with Crippen LogP contribution in [0.2, 0.25) is 0 Å². The number of benzene rings is 2. The van der Waals surface area contributed by atoms with Crippen LogP contribution in [0.3, 0.4) is 0 Å².